The smallest absolute Gasteiger partial charge is 0.191 e. The molecule has 0 spiro atoms. The summed E-state index contributed by atoms with van der Waals surface area (Å²) in [4.78, 5) is 6.82. The summed E-state index contributed by atoms with van der Waals surface area (Å²) >= 11 is 0. The van der Waals surface area contributed by atoms with Crippen LogP contribution in [0.15, 0.2) is 4.99 Å². The first-order valence-electron chi connectivity index (χ1n) is 7.93. The highest BCUT2D eigenvalue weighted by Gasteiger charge is 2.15. The molecule has 1 saturated heterocycles. The van der Waals surface area contributed by atoms with Gasteiger partial charge in [0.2, 0.25) is 0 Å². The van der Waals surface area contributed by atoms with E-state index in [1.807, 2.05) is 7.05 Å². The lowest BCUT2D eigenvalue weighted by atomic mass is 10.0. The summed E-state index contributed by atoms with van der Waals surface area (Å²) in [6.07, 6.45) is 6.52. The van der Waals surface area contributed by atoms with Crippen molar-refractivity contribution in [2.45, 2.75) is 46.0 Å². The molecule has 1 heterocycles. The van der Waals surface area contributed by atoms with Crippen molar-refractivity contribution in [3.05, 3.63) is 0 Å². The molecule has 0 amide bonds. The van der Waals surface area contributed by atoms with Gasteiger partial charge in [-0.05, 0) is 31.7 Å². The second-order valence-electron chi connectivity index (χ2n) is 5.68. The van der Waals surface area contributed by atoms with E-state index in [1.54, 1.807) is 0 Å². The molecule has 1 atom stereocenters. The topological polar surface area (TPSA) is 39.7 Å². The van der Waals surface area contributed by atoms with Gasteiger partial charge in [0.15, 0.2) is 5.96 Å². The molecule has 1 fully saturated rings. The predicted molar refractivity (Wildman–Crippen MR) is 99.1 cm³/mol. The van der Waals surface area contributed by atoms with Gasteiger partial charge in [-0.15, -0.1) is 24.0 Å². The van der Waals surface area contributed by atoms with Crippen LogP contribution in [0.5, 0.6) is 0 Å². The molecule has 20 heavy (non-hydrogen) atoms. The van der Waals surface area contributed by atoms with E-state index in [9.17, 15) is 0 Å². The molecular weight excluding hydrogens is 363 g/mol. The summed E-state index contributed by atoms with van der Waals surface area (Å²) in [5.41, 5.74) is 0. The Bertz CT molecular complexity index is 258. The monoisotopic (exact) mass is 396 g/mol. The minimum absolute atomic E-state index is 0. The number of aliphatic imine (C=N–C) groups is 1. The van der Waals surface area contributed by atoms with Crippen LogP contribution >= 0.6 is 24.0 Å². The highest BCUT2D eigenvalue weighted by molar-refractivity contribution is 14.0. The van der Waals surface area contributed by atoms with E-state index in [4.69, 9.17) is 0 Å². The van der Waals surface area contributed by atoms with Crippen LogP contribution in [-0.2, 0) is 0 Å². The molecule has 1 rings (SSSR count). The van der Waals surface area contributed by atoms with Crippen molar-refractivity contribution in [3.8, 4) is 0 Å². The fourth-order valence-electron chi connectivity index (χ4n) is 2.62. The van der Waals surface area contributed by atoms with Gasteiger partial charge in [0.25, 0.3) is 0 Å². The van der Waals surface area contributed by atoms with E-state index in [0.717, 1.165) is 31.5 Å². The molecule has 0 aliphatic carbocycles. The number of likely N-dealkylation sites (tertiary alicyclic amines) is 1. The number of guanidine groups is 1. The molecule has 1 aliphatic rings. The molecule has 2 N–H and O–H groups in total. The highest BCUT2D eigenvalue weighted by atomic mass is 127. The van der Waals surface area contributed by atoms with E-state index in [0.29, 0.717) is 0 Å². The molecule has 0 aromatic rings. The molecule has 0 bridgehead atoms. The van der Waals surface area contributed by atoms with Crippen LogP contribution in [0.2, 0.25) is 0 Å². The van der Waals surface area contributed by atoms with Crippen molar-refractivity contribution in [2.24, 2.45) is 10.9 Å². The Labute approximate surface area is 142 Å². The first kappa shape index (κ1) is 20.0. The zero-order valence-corrected chi connectivity index (χ0v) is 15.8. The lowest BCUT2D eigenvalue weighted by Gasteiger charge is -2.30. The third-order valence-corrected chi connectivity index (χ3v) is 3.76. The van der Waals surface area contributed by atoms with Crippen LogP contribution in [0.4, 0.5) is 0 Å². The minimum Gasteiger partial charge on any atom is -0.356 e. The van der Waals surface area contributed by atoms with E-state index in [1.165, 1.54) is 45.2 Å². The summed E-state index contributed by atoms with van der Waals surface area (Å²) in [5.74, 6) is 1.81. The molecule has 1 unspecified atom stereocenters. The van der Waals surface area contributed by atoms with Gasteiger partial charge in [-0.25, -0.2) is 0 Å². The second-order valence-corrected chi connectivity index (χ2v) is 5.68. The van der Waals surface area contributed by atoms with E-state index in [-0.39, 0.29) is 24.0 Å². The lowest BCUT2D eigenvalue weighted by Crippen LogP contribution is -2.43. The first-order valence-corrected chi connectivity index (χ1v) is 7.93. The third kappa shape index (κ3) is 9.00. The standard InChI is InChI=1S/C15H32N4.HI/c1-4-5-6-9-17-15(16-3)18-10-12-19-11-7-8-14(2)13-19;/h14H,4-13H2,1-3H3,(H2,16,17,18);1H. The second kappa shape index (κ2) is 12.7. The quantitative estimate of drug-likeness (QED) is 0.301. The maximum absolute atomic E-state index is 4.26. The van der Waals surface area contributed by atoms with Crippen molar-refractivity contribution in [2.75, 3.05) is 39.8 Å². The van der Waals surface area contributed by atoms with E-state index >= 15 is 0 Å². The van der Waals surface area contributed by atoms with E-state index < -0.39 is 0 Å². The van der Waals surface area contributed by atoms with Crippen molar-refractivity contribution in [3.63, 3.8) is 0 Å². The Balaban J connectivity index is 0.00000361. The van der Waals surface area contributed by atoms with Crippen LogP contribution in [0.25, 0.3) is 0 Å². The Morgan fingerprint density at radius 1 is 1.25 bits per heavy atom. The zero-order chi connectivity index (χ0) is 13.9. The Kier molecular flexibility index (Phi) is 12.7. The van der Waals surface area contributed by atoms with Gasteiger partial charge in [0.05, 0.1) is 0 Å². The molecule has 0 aromatic carbocycles. The number of halogens is 1. The molecule has 5 heteroatoms. The third-order valence-electron chi connectivity index (χ3n) is 3.76. The first-order chi connectivity index (χ1) is 9.26. The normalized spacial score (nSPS) is 20.4. The summed E-state index contributed by atoms with van der Waals surface area (Å²) in [6.45, 7) is 10.2. The molecule has 120 valence electrons. The molecule has 4 nitrogen and oxygen atoms in total. The zero-order valence-electron chi connectivity index (χ0n) is 13.5. The average Bonchev–Trinajstić information content (AvgIpc) is 2.41. The maximum Gasteiger partial charge on any atom is 0.191 e. The Hall–Kier alpha value is -0.0400. The van der Waals surface area contributed by atoms with Crippen LogP contribution < -0.4 is 10.6 Å². The number of nitrogens with zero attached hydrogens (tertiary/aromatic N) is 2. The van der Waals surface area contributed by atoms with Crippen LogP contribution in [0, 0.1) is 5.92 Å². The van der Waals surface area contributed by atoms with Crippen molar-refractivity contribution >= 4 is 29.9 Å². The summed E-state index contributed by atoms with van der Waals surface area (Å²) < 4.78 is 0. The van der Waals surface area contributed by atoms with Gasteiger partial charge in [0.1, 0.15) is 0 Å². The van der Waals surface area contributed by atoms with Gasteiger partial charge in [-0.1, -0.05) is 26.7 Å². The molecule has 0 aromatic heterocycles. The minimum atomic E-state index is 0. The number of piperidine rings is 1. The van der Waals surface area contributed by atoms with Gasteiger partial charge in [-0.2, -0.15) is 0 Å². The van der Waals surface area contributed by atoms with Crippen LogP contribution in [-0.4, -0.2) is 50.6 Å². The summed E-state index contributed by atoms with van der Waals surface area (Å²) in [5, 5.41) is 6.78. The van der Waals surface area contributed by atoms with Gasteiger partial charge in [-0.3, -0.25) is 4.99 Å². The fraction of sp³-hybridized carbons (Fsp3) is 0.933. The maximum atomic E-state index is 4.26. The van der Waals surface area contributed by atoms with Crippen LogP contribution in [0.3, 0.4) is 0 Å². The largest absolute Gasteiger partial charge is 0.356 e. The van der Waals surface area contributed by atoms with E-state index in [2.05, 4.69) is 34.4 Å². The summed E-state index contributed by atoms with van der Waals surface area (Å²) in [6, 6.07) is 0. The van der Waals surface area contributed by atoms with Gasteiger partial charge in [0, 0.05) is 33.2 Å². The van der Waals surface area contributed by atoms with Gasteiger partial charge >= 0.3 is 0 Å². The Morgan fingerprint density at radius 3 is 2.65 bits per heavy atom. The highest BCUT2D eigenvalue weighted by Crippen LogP contribution is 2.14. The molecule has 0 saturated carbocycles. The number of nitrogens with one attached hydrogen (secondary N) is 2. The van der Waals surface area contributed by atoms with Gasteiger partial charge < -0.3 is 15.5 Å². The average molecular weight is 396 g/mol. The molecule has 0 radical (unpaired) electrons. The predicted octanol–water partition coefficient (Wildman–Crippen LogP) is 2.69. The van der Waals surface area contributed by atoms with Crippen molar-refractivity contribution in [1.82, 2.24) is 15.5 Å². The number of unbranched alkanes of at least 4 members (excludes halogenated alkanes) is 2. The number of hydrogen-bond acceptors (Lipinski definition) is 2. The number of rotatable bonds is 7. The van der Waals surface area contributed by atoms with Crippen LogP contribution in [0.1, 0.15) is 46.0 Å². The Morgan fingerprint density at radius 2 is 2.00 bits per heavy atom. The van der Waals surface area contributed by atoms with Crippen molar-refractivity contribution in [1.29, 1.82) is 0 Å². The fourth-order valence-corrected chi connectivity index (χ4v) is 2.62. The molecule has 1 aliphatic heterocycles. The molecular formula is C15H33IN4. The lowest BCUT2D eigenvalue weighted by molar-refractivity contribution is 0.187. The number of hydrogen-bond donors (Lipinski definition) is 2. The SMILES string of the molecule is CCCCCNC(=NC)NCCN1CCCC(C)C1.I. The van der Waals surface area contributed by atoms with Crippen molar-refractivity contribution < 1.29 is 0 Å². The summed E-state index contributed by atoms with van der Waals surface area (Å²) in [7, 11) is 1.85.